The van der Waals surface area contributed by atoms with Gasteiger partial charge in [-0.15, -0.1) is 0 Å². The van der Waals surface area contributed by atoms with Crippen LogP contribution in [-0.2, 0) is 12.8 Å². The molecule has 1 N–H and O–H groups in total. The monoisotopic (exact) mass is 387 g/mol. The van der Waals surface area contributed by atoms with Gasteiger partial charge < -0.3 is 14.7 Å². The predicted octanol–water partition coefficient (Wildman–Crippen LogP) is 5.20. The minimum atomic E-state index is 0.298. The van der Waals surface area contributed by atoms with E-state index in [0.29, 0.717) is 12.4 Å². The molecular weight excluding hydrogens is 358 g/mol. The number of benzene rings is 3. The van der Waals surface area contributed by atoms with Crippen molar-refractivity contribution < 1.29 is 9.84 Å². The molecule has 0 aliphatic heterocycles. The Balaban J connectivity index is 1.70. The van der Waals surface area contributed by atoms with Crippen LogP contribution >= 0.6 is 0 Å². The summed E-state index contributed by atoms with van der Waals surface area (Å²) in [7, 11) is 4.09. The third-order valence-electron chi connectivity index (χ3n) is 4.79. The lowest BCUT2D eigenvalue weighted by molar-refractivity contribution is 0.261. The Labute approximate surface area is 173 Å². The molecule has 3 rings (SSSR count). The molecular formula is C26H29NO2. The van der Waals surface area contributed by atoms with Gasteiger partial charge in [0.25, 0.3) is 0 Å². The minimum Gasteiger partial charge on any atom is -0.508 e. The Hall–Kier alpha value is -3.04. The van der Waals surface area contributed by atoms with Crippen LogP contribution in [0.5, 0.6) is 11.5 Å². The summed E-state index contributed by atoms with van der Waals surface area (Å²) < 4.78 is 5.78. The van der Waals surface area contributed by atoms with Crippen molar-refractivity contribution in [1.29, 1.82) is 0 Å². The van der Waals surface area contributed by atoms with Crippen molar-refractivity contribution in [2.45, 2.75) is 12.8 Å². The second-order valence-corrected chi connectivity index (χ2v) is 7.44. The van der Waals surface area contributed by atoms with Crippen LogP contribution < -0.4 is 4.74 Å². The number of hydrogen-bond acceptors (Lipinski definition) is 3. The lowest BCUT2D eigenvalue weighted by Gasteiger charge is -2.11. The summed E-state index contributed by atoms with van der Waals surface area (Å²) in [6, 6.07) is 26.3. The van der Waals surface area contributed by atoms with Gasteiger partial charge >= 0.3 is 0 Å². The first-order valence-electron chi connectivity index (χ1n) is 9.99. The van der Waals surface area contributed by atoms with E-state index in [1.807, 2.05) is 44.4 Å². The molecule has 150 valence electrons. The Bertz CT molecular complexity index is 898. The number of nitrogens with zero attached hydrogens (tertiary/aromatic N) is 1. The van der Waals surface area contributed by atoms with Crippen molar-refractivity contribution in [3.63, 3.8) is 0 Å². The number of phenolic OH excluding ortho intramolecular Hbond substituents is 1. The Morgan fingerprint density at radius 2 is 1.52 bits per heavy atom. The molecule has 3 aromatic rings. The average Bonchev–Trinajstić information content (AvgIpc) is 2.74. The second kappa shape index (κ2) is 10.5. The quantitative estimate of drug-likeness (QED) is 0.548. The summed E-state index contributed by atoms with van der Waals surface area (Å²) >= 11 is 0. The zero-order chi connectivity index (χ0) is 20.5. The van der Waals surface area contributed by atoms with Gasteiger partial charge in [-0.25, -0.2) is 0 Å². The maximum atomic E-state index is 9.54. The maximum absolute atomic E-state index is 9.54. The fourth-order valence-corrected chi connectivity index (χ4v) is 3.09. The highest BCUT2D eigenvalue weighted by atomic mass is 16.5. The Kier molecular flexibility index (Phi) is 7.48. The molecule has 0 spiro atoms. The lowest BCUT2D eigenvalue weighted by atomic mass is 9.96. The van der Waals surface area contributed by atoms with E-state index in [0.717, 1.165) is 25.1 Å². The SMILES string of the molecule is CN(C)CCOc1ccc(C/C=C(\Cc2ccc(O)cc2)c2ccccc2)cc1. The molecule has 0 aliphatic carbocycles. The second-order valence-electron chi connectivity index (χ2n) is 7.44. The third-order valence-corrected chi connectivity index (χ3v) is 4.79. The molecule has 0 atom stereocenters. The molecule has 0 aliphatic rings. The van der Waals surface area contributed by atoms with Crippen molar-refractivity contribution in [1.82, 2.24) is 4.90 Å². The molecule has 0 fully saturated rings. The summed E-state index contributed by atoms with van der Waals surface area (Å²) in [6.07, 6.45) is 3.99. The molecule has 0 aromatic heterocycles. The van der Waals surface area contributed by atoms with Crippen LogP contribution in [0.2, 0.25) is 0 Å². The minimum absolute atomic E-state index is 0.298. The van der Waals surface area contributed by atoms with Crippen molar-refractivity contribution in [3.05, 3.63) is 102 Å². The number of ether oxygens (including phenoxy) is 1. The lowest BCUT2D eigenvalue weighted by Crippen LogP contribution is -2.19. The normalized spacial score (nSPS) is 11.6. The first kappa shape index (κ1) is 20.7. The molecule has 0 saturated heterocycles. The van der Waals surface area contributed by atoms with Crippen LogP contribution in [0.4, 0.5) is 0 Å². The number of rotatable bonds is 9. The van der Waals surface area contributed by atoms with Gasteiger partial charge in [-0.05, 0) is 73.5 Å². The van der Waals surface area contributed by atoms with Gasteiger partial charge in [0.2, 0.25) is 0 Å². The number of phenols is 1. The molecule has 3 heteroatoms. The fourth-order valence-electron chi connectivity index (χ4n) is 3.09. The highest BCUT2D eigenvalue weighted by Gasteiger charge is 2.04. The molecule has 0 unspecified atom stereocenters. The third kappa shape index (κ3) is 6.81. The van der Waals surface area contributed by atoms with Crippen LogP contribution in [0.15, 0.2) is 84.9 Å². The standard InChI is InChI=1S/C26H29NO2/c1-27(2)18-19-29-26-16-11-21(12-17-26)8-13-24(23-6-4-3-5-7-23)20-22-9-14-25(28)15-10-22/h3-7,9-17,28H,8,18-20H2,1-2H3/b24-13+. The van der Waals surface area contributed by atoms with E-state index >= 15 is 0 Å². The molecule has 0 bridgehead atoms. The topological polar surface area (TPSA) is 32.7 Å². The fraction of sp³-hybridized carbons (Fsp3) is 0.231. The number of hydrogen-bond donors (Lipinski definition) is 1. The Morgan fingerprint density at radius 1 is 0.862 bits per heavy atom. The largest absolute Gasteiger partial charge is 0.508 e. The molecule has 3 aromatic carbocycles. The van der Waals surface area contributed by atoms with E-state index in [1.165, 1.54) is 22.3 Å². The summed E-state index contributed by atoms with van der Waals surface area (Å²) in [4.78, 5) is 2.11. The molecule has 0 saturated carbocycles. The van der Waals surface area contributed by atoms with Gasteiger partial charge in [0.05, 0.1) is 0 Å². The van der Waals surface area contributed by atoms with Crippen LogP contribution in [0.3, 0.4) is 0 Å². The van der Waals surface area contributed by atoms with E-state index in [4.69, 9.17) is 4.74 Å². The summed E-state index contributed by atoms with van der Waals surface area (Å²) in [5.41, 5.74) is 4.94. The average molecular weight is 388 g/mol. The van der Waals surface area contributed by atoms with Crippen molar-refractivity contribution in [2.24, 2.45) is 0 Å². The highest BCUT2D eigenvalue weighted by molar-refractivity contribution is 5.68. The smallest absolute Gasteiger partial charge is 0.119 e. The van der Waals surface area contributed by atoms with Crippen molar-refractivity contribution in [2.75, 3.05) is 27.2 Å². The summed E-state index contributed by atoms with van der Waals surface area (Å²) in [5.74, 6) is 1.21. The van der Waals surface area contributed by atoms with Crippen LogP contribution in [0.25, 0.3) is 5.57 Å². The number of likely N-dealkylation sites (N-methyl/N-ethyl adjacent to an activating group) is 1. The maximum Gasteiger partial charge on any atom is 0.119 e. The van der Waals surface area contributed by atoms with E-state index in [1.54, 1.807) is 12.1 Å². The predicted molar refractivity (Wildman–Crippen MR) is 120 cm³/mol. The first-order valence-corrected chi connectivity index (χ1v) is 9.99. The Morgan fingerprint density at radius 3 is 2.17 bits per heavy atom. The van der Waals surface area contributed by atoms with Crippen molar-refractivity contribution in [3.8, 4) is 11.5 Å². The zero-order valence-electron chi connectivity index (χ0n) is 17.2. The molecule has 29 heavy (non-hydrogen) atoms. The molecule has 0 heterocycles. The van der Waals surface area contributed by atoms with E-state index in [-0.39, 0.29) is 0 Å². The molecule has 0 radical (unpaired) electrons. The van der Waals surface area contributed by atoms with Gasteiger partial charge in [-0.2, -0.15) is 0 Å². The van der Waals surface area contributed by atoms with Crippen molar-refractivity contribution >= 4 is 5.57 Å². The van der Waals surface area contributed by atoms with Crippen LogP contribution in [0, 0.1) is 0 Å². The summed E-state index contributed by atoms with van der Waals surface area (Å²) in [5, 5.41) is 9.54. The van der Waals surface area contributed by atoms with Gasteiger partial charge in [0, 0.05) is 6.54 Å². The number of aromatic hydroxyl groups is 1. The number of allylic oxidation sites excluding steroid dienone is 2. The highest BCUT2D eigenvalue weighted by Crippen LogP contribution is 2.22. The van der Waals surface area contributed by atoms with Gasteiger partial charge in [-0.1, -0.05) is 60.7 Å². The van der Waals surface area contributed by atoms with Crippen LogP contribution in [-0.4, -0.2) is 37.3 Å². The van der Waals surface area contributed by atoms with E-state index in [9.17, 15) is 5.11 Å². The van der Waals surface area contributed by atoms with Gasteiger partial charge in [0.1, 0.15) is 18.1 Å². The van der Waals surface area contributed by atoms with E-state index in [2.05, 4.69) is 47.4 Å². The molecule has 0 amide bonds. The molecule has 3 nitrogen and oxygen atoms in total. The van der Waals surface area contributed by atoms with Gasteiger partial charge in [-0.3, -0.25) is 0 Å². The van der Waals surface area contributed by atoms with Gasteiger partial charge in [0.15, 0.2) is 0 Å². The first-order chi connectivity index (χ1) is 14.1. The zero-order valence-corrected chi connectivity index (χ0v) is 17.2. The van der Waals surface area contributed by atoms with E-state index < -0.39 is 0 Å². The summed E-state index contributed by atoms with van der Waals surface area (Å²) in [6.45, 7) is 1.60. The van der Waals surface area contributed by atoms with Crippen LogP contribution in [0.1, 0.15) is 16.7 Å².